The van der Waals surface area contributed by atoms with Crippen LogP contribution in [0.15, 0.2) is 35.3 Å². The maximum Gasteiger partial charge on any atom is 0.417 e. The van der Waals surface area contributed by atoms with Crippen molar-refractivity contribution in [3.05, 3.63) is 75.0 Å². The lowest BCUT2D eigenvalue weighted by Gasteiger charge is -2.09. The SMILES string of the molecule is O=C(Nc1cc(C(F)(F)F)c[nH]c1=O)c1nn(-c2ccc(F)c(F)c2)c2c1CCC2. The number of alkyl halides is 3. The summed E-state index contributed by atoms with van der Waals surface area (Å²) >= 11 is 0. The Morgan fingerprint density at radius 2 is 1.90 bits per heavy atom. The molecule has 0 saturated carbocycles. The van der Waals surface area contributed by atoms with E-state index in [-0.39, 0.29) is 11.4 Å². The average Bonchev–Trinajstić information content (AvgIpc) is 3.27. The lowest BCUT2D eigenvalue weighted by molar-refractivity contribution is -0.137. The molecule has 2 heterocycles. The monoisotopic (exact) mass is 424 g/mol. The number of halogens is 5. The first kappa shape index (κ1) is 19.8. The van der Waals surface area contributed by atoms with E-state index in [0.29, 0.717) is 42.8 Å². The van der Waals surface area contributed by atoms with Crippen LogP contribution in [-0.2, 0) is 19.0 Å². The van der Waals surface area contributed by atoms with E-state index in [9.17, 15) is 31.5 Å². The molecule has 1 aliphatic carbocycles. The Bertz CT molecular complexity index is 1210. The highest BCUT2D eigenvalue weighted by atomic mass is 19.4. The number of H-pyrrole nitrogens is 1. The molecular formula is C19H13F5N4O2. The second kappa shape index (κ2) is 7.08. The number of carbonyl (C=O) groups is 1. The number of hydrogen-bond acceptors (Lipinski definition) is 3. The van der Waals surface area contributed by atoms with Crippen LogP contribution in [0.4, 0.5) is 27.6 Å². The Balaban J connectivity index is 1.71. The first-order valence-electron chi connectivity index (χ1n) is 8.82. The maximum atomic E-state index is 13.6. The van der Waals surface area contributed by atoms with Gasteiger partial charge in [-0.05, 0) is 37.5 Å². The summed E-state index contributed by atoms with van der Waals surface area (Å²) in [5, 5.41) is 6.31. The molecule has 6 nitrogen and oxygen atoms in total. The van der Waals surface area contributed by atoms with Gasteiger partial charge in [0.1, 0.15) is 5.69 Å². The summed E-state index contributed by atoms with van der Waals surface area (Å²) in [5.41, 5.74) is -1.36. The van der Waals surface area contributed by atoms with Gasteiger partial charge in [0.2, 0.25) is 0 Å². The minimum atomic E-state index is -4.71. The van der Waals surface area contributed by atoms with Gasteiger partial charge in [-0.3, -0.25) is 9.59 Å². The molecule has 11 heteroatoms. The number of carbonyl (C=O) groups excluding carboxylic acids is 1. The number of benzene rings is 1. The molecule has 0 spiro atoms. The average molecular weight is 424 g/mol. The molecule has 3 aromatic rings. The van der Waals surface area contributed by atoms with Crippen LogP contribution in [-0.4, -0.2) is 20.7 Å². The second-order valence-electron chi connectivity index (χ2n) is 6.72. The zero-order valence-corrected chi connectivity index (χ0v) is 15.1. The number of amides is 1. The minimum absolute atomic E-state index is 0.0935. The first-order valence-corrected chi connectivity index (χ1v) is 8.82. The van der Waals surface area contributed by atoms with Crippen LogP contribution in [0.1, 0.15) is 33.7 Å². The van der Waals surface area contributed by atoms with Crippen LogP contribution in [0.3, 0.4) is 0 Å². The third kappa shape index (κ3) is 3.46. The molecular weight excluding hydrogens is 411 g/mol. The number of nitrogens with zero attached hydrogens (tertiary/aromatic N) is 2. The highest BCUT2D eigenvalue weighted by molar-refractivity contribution is 6.04. The Kier molecular flexibility index (Phi) is 4.67. The van der Waals surface area contributed by atoms with E-state index in [2.05, 4.69) is 10.4 Å². The molecule has 0 radical (unpaired) electrons. The van der Waals surface area contributed by atoms with Gasteiger partial charge in [0, 0.05) is 23.5 Å². The second-order valence-corrected chi connectivity index (χ2v) is 6.72. The quantitative estimate of drug-likeness (QED) is 0.631. The zero-order chi connectivity index (χ0) is 21.6. The van der Waals surface area contributed by atoms with Crippen LogP contribution >= 0.6 is 0 Å². The van der Waals surface area contributed by atoms with Gasteiger partial charge in [-0.2, -0.15) is 18.3 Å². The van der Waals surface area contributed by atoms with Gasteiger partial charge < -0.3 is 10.3 Å². The molecule has 1 aromatic carbocycles. The highest BCUT2D eigenvalue weighted by Gasteiger charge is 2.32. The van der Waals surface area contributed by atoms with Crippen LogP contribution in [0, 0.1) is 11.6 Å². The number of fused-ring (bicyclic) bond motifs is 1. The third-order valence-corrected chi connectivity index (χ3v) is 4.77. The third-order valence-electron chi connectivity index (χ3n) is 4.77. The van der Waals surface area contributed by atoms with Gasteiger partial charge in [0.05, 0.1) is 11.3 Å². The Hall–Kier alpha value is -3.50. The number of pyridine rings is 1. The van der Waals surface area contributed by atoms with Gasteiger partial charge >= 0.3 is 6.18 Å². The van der Waals surface area contributed by atoms with E-state index in [1.807, 2.05) is 4.98 Å². The number of nitrogens with one attached hydrogen (secondary N) is 2. The van der Waals surface area contributed by atoms with Crippen molar-refractivity contribution in [3.63, 3.8) is 0 Å². The number of aromatic nitrogens is 3. The molecule has 0 fully saturated rings. The fourth-order valence-electron chi connectivity index (χ4n) is 3.37. The summed E-state index contributed by atoms with van der Waals surface area (Å²) < 4.78 is 66.8. The molecule has 30 heavy (non-hydrogen) atoms. The van der Waals surface area contributed by atoms with E-state index in [4.69, 9.17) is 0 Å². The van der Waals surface area contributed by atoms with Gasteiger partial charge in [0.15, 0.2) is 17.3 Å². The van der Waals surface area contributed by atoms with Gasteiger partial charge in [-0.1, -0.05) is 0 Å². The summed E-state index contributed by atoms with van der Waals surface area (Å²) in [4.78, 5) is 26.5. The van der Waals surface area contributed by atoms with E-state index in [1.54, 1.807) is 0 Å². The summed E-state index contributed by atoms with van der Waals surface area (Å²) in [6, 6.07) is 3.68. The number of rotatable bonds is 3. The van der Waals surface area contributed by atoms with Gasteiger partial charge in [-0.25, -0.2) is 13.5 Å². The van der Waals surface area contributed by atoms with Crippen molar-refractivity contribution in [3.8, 4) is 5.69 Å². The molecule has 156 valence electrons. The molecule has 0 bridgehead atoms. The van der Waals surface area contributed by atoms with E-state index in [0.717, 1.165) is 12.1 Å². The lowest BCUT2D eigenvalue weighted by atomic mass is 10.2. The topological polar surface area (TPSA) is 79.8 Å². The zero-order valence-electron chi connectivity index (χ0n) is 15.1. The normalized spacial score (nSPS) is 13.4. The van der Waals surface area contributed by atoms with Gasteiger partial charge in [-0.15, -0.1) is 0 Å². The van der Waals surface area contributed by atoms with Crippen molar-refractivity contribution in [2.45, 2.75) is 25.4 Å². The smallest absolute Gasteiger partial charge is 0.327 e. The summed E-state index contributed by atoms with van der Waals surface area (Å²) in [6.45, 7) is 0. The maximum absolute atomic E-state index is 13.6. The fraction of sp³-hybridized carbons (Fsp3) is 0.211. The summed E-state index contributed by atoms with van der Waals surface area (Å²) in [7, 11) is 0. The molecule has 0 saturated heterocycles. The Labute approximate surface area is 165 Å². The van der Waals surface area contributed by atoms with Crippen molar-refractivity contribution in [2.75, 3.05) is 5.32 Å². The van der Waals surface area contributed by atoms with Crippen LogP contribution in [0.5, 0.6) is 0 Å². The largest absolute Gasteiger partial charge is 0.417 e. The number of aromatic amines is 1. The van der Waals surface area contributed by atoms with Gasteiger partial charge in [0.25, 0.3) is 11.5 Å². The molecule has 1 aliphatic rings. The predicted molar refractivity (Wildman–Crippen MR) is 95.5 cm³/mol. The highest BCUT2D eigenvalue weighted by Crippen LogP contribution is 2.30. The molecule has 2 aromatic heterocycles. The molecule has 0 unspecified atom stereocenters. The van der Waals surface area contributed by atoms with E-state index < -0.39 is 40.5 Å². The fourth-order valence-corrected chi connectivity index (χ4v) is 3.37. The number of hydrogen-bond donors (Lipinski definition) is 2. The van der Waals surface area contributed by atoms with Crippen molar-refractivity contribution >= 4 is 11.6 Å². The van der Waals surface area contributed by atoms with Crippen molar-refractivity contribution < 1.29 is 26.7 Å². The minimum Gasteiger partial charge on any atom is -0.327 e. The Morgan fingerprint density at radius 3 is 2.60 bits per heavy atom. The van der Waals surface area contributed by atoms with Crippen LogP contribution in [0.25, 0.3) is 5.69 Å². The first-order chi connectivity index (χ1) is 14.1. The molecule has 0 atom stereocenters. The van der Waals surface area contributed by atoms with Crippen molar-refractivity contribution in [1.82, 2.24) is 14.8 Å². The molecule has 1 amide bonds. The Morgan fingerprint density at radius 1 is 1.13 bits per heavy atom. The number of anilines is 1. The summed E-state index contributed by atoms with van der Waals surface area (Å²) in [6.07, 6.45) is -2.52. The summed E-state index contributed by atoms with van der Waals surface area (Å²) in [5.74, 6) is -3.00. The van der Waals surface area contributed by atoms with Crippen LogP contribution in [0.2, 0.25) is 0 Å². The van der Waals surface area contributed by atoms with E-state index in [1.165, 1.54) is 10.7 Å². The standard InChI is InChI=1S/C19H13F5N4O2/c20-12-5-4-10(7-13(12)21)28-15-3-1-2-11(15)16(27-28)18(30)26-14-6-9(19(22,23)24)8-25-17(14)29/h4-8H,1-3H2,(H,25,29)(H,26,30). The molecule has 4 rings (SSSR count). The van der Waals surface area contributed by atoms with E-state index >= 15 is 0 Å². The van der Waals surface area contributed by atoms with Crippen molar-refractivity contribution in [2.24, 2.45) is 0 Å². The molecule has 0 aliphatic heterocycles. The molecule has 2 N–H and O–H groups in total. The lowest BCUT2D eigenvalue weighted by Crippen LogP contribution is -2.22. The van der Waals surface area contributed by atoms with Crippen LogP contribution < -0.4 is 10.9 Å². The predicted octanol–water partition coefficient (Wildman–Crippen LogP) is 3.60. The van der Waals surface area contributed by atoms with Crippen molar-refractivity contribution in [1.29, 1.82) is 0 Å².